The second kappa shape index (κ2) is 7.11. The van der Waals surface area contributed by atoms with Crippen LogP contribution in [0.15, 0.2) is 30.5 Å². The molecule has 1 amide bonds. The molecule has 5 rings (SSSR count). The Labute approximate surface area is 170 Å². The minimum absolute atomic E-state index is 0.117. The number of amides is 1. The SMILES string of the molecule is CCC(=O)n1cc2c3c(cccc31)C1=C[C@@H](C(=O)N3CCOCC3)CN(C)[C@@H]1C2. The van der Waals surface area contributed by atoms with E-state index in [0.29, 0.717) is 32.7 Å². The van der Waals surface area contributed by atoms with Crippen molar-refractivity contribution in [1.29, 1.82) is 0 Å². The summed E-state index contributed by atoms with van der Waals surface area (Å²) in [6, 6.07) is 6.44. The zero-order valence-electron chi connectivity index (χ0n) is 17.1. The second-order valence-electron chi connectivity index (χ2n) is 8.30. The number of ether oxygens (including phenoxy) is 1. The van der Waals surface area contributed by atoms with Gasteiger partial charge in [0.05, 0.1) is 24.6 Å². The van der Waals surface area contributed by atoms with Gasteiger partial charge in [0, 0.05) is 43.7 Å². The Kier molecular flexibility index (Phi) is 4.56. The zero-order valence-corrected chi connectivity index (χ0v) is 17.1. The van der Waals surface area contributed by atoms with Gasteiger partial charge in [-0.05, 0) is 36.2 Å². The van der Waals surface area contributed by atoms with E-state index in [1.54, 1.807) is 0 Å². The van der Waals surface area contributed by atoms with E-state index in [-0.39, 0.29) is 23.8 Å². The van der Waals surface area contributed by atoms with Crippen LogP contribution in [0.2, 0.25) is 0 Å². The molecule has 29 heavy (non-hydrogen) atoms. The molecule has 1 saturated heterocycles. The molecule has 1 fully saturated rings. The molecule has 0 spiro atoms. The fourth-order valence-corrected chi connectivity index (χ4v) is 5.11. The lowest BCUT2D eigenvalue weighted by atomic mass is 9.79. The van der Waals surface area contributed by atoms with E-state index in [4.69, 9.17) is 4.74 Å². The minimum Gasteiger partial charge on any atom is -0.378 e. The highest BCUT2D eigenvalue weighted by molar-refractivity contribution is 6.03. The first kappa shape index (κ1) is 18.6. The van der Waals surface area contributed by atoms with Crippen molar-refractivity contribution in [3.8, 4) is 0 Å². The fourth-order valence-electron chi connectivity index (χ4n) is 5.11. The van der Waals surface area contributed by atoms with Crippen LogP contribution in [0.25, 0.3) is 16.5 Å². The van der Waals surface area contributed by atoms with Gasteiger partial charge in [-0.3, -0.25) is 19.1 Å². The maximum Gasteiger partial charge on any atom is 0.230 e. The van der Waals surface area contributed by atoms with Crippen molar-refractivity contribution in [2.75, 3.05) is 39.9 Å². The molecule has 0 radical (unpaired) electrons. The molecule has 0 saturated carbocycles. The lowest BCUT2D eigenvalue weighted by Gasteiger charge is -2.41. The molecule has 3 heterocycles. The summed E-state index contributed by atoms with van der Waals surface area (Å²) in [7, 11) is 2.11. The summed E-state index contributed by atoms with van der Waals surface area (Å²) in [4.78, 5) is 29.8. The van der Waals surface area contributed by atoms with Crippen molar-refractivity contribution in [3.63, 3.8) is 0 Å². The topological polar surface area (TPSA) is 54.8 Å². The monoisotopic (exact) mass is 393 g/mol. The molecular formula is C23H27N3O3. The molecule has 1 aromatic heterocycles. The van der Waals surface area contributed by atoms with Crippen LogP contribution in [0, 0.1) is 5.92 Å². The Balaban J connectivity index is 1.58. The van der Waals surface area contributed by atoms with E-state index in [2.05, 4.69) is 24.1 Å². The van der Waals surface area contributed by atoms with Gasteiger partial charge in [0.15, 0.2) is 0 Å². The zero-order chi connectivity index (χ0) is 20.1. The molecule has 0 N–H and O–H groups in total. The summed E-state index contributed by atoms with van der Waals surface area (Å²) in [6.07, 6.45) is 5.57. The molecule has 0 bridgehead atoms. The molecular weight excluding hydrogens is 366 g/mol. The summed E-state index contributed by atoms with van der Waals surface area (Å²) < 4.78 is 7.21. The van der Waals surface area contributed by atoms with Gasteiger partial charge < -0.3 is 9.64 Å². The van der Waals surface area contributed by atoms with E-state index in [0.717, 1.165) is 18.5 Å². The molecule has 2 atom stereocenters. The van der Waals surface area contributed by atoms with Crippen LogP contribution >= 0.6 is 0 Å². The van der Waals surface area contributed by atoms with Crippen LogP contribution < -0.4 is 0 Å². The largest absolute Gasteiger partial charge is 0.378 e. The Bertz CT molecular complexity index is 1020. The van der Waals surface area contributed by atoms with Gasteiger partial charge in [0.25, 0.3) is 0 Å². The predicted molar refractivity (Wildman–Crippen MR) is 112 cm³/mol. The van der Waals surface area contributed by atoms with Crippen LogP contribution in [0.3, 0.4) is 0 Å². The van der Waals surface area contributed by atoms with E-state index in [9.17, 15) is 9.59 Å². The molecule has 6 nitrogen and oxygen atoms in total. The van der Waals surface area contributed by atoms with Crippen LogP contribution in [-0.4, -0.2) is 72.1 Å². The molecule has 152 valence electrons. The van der Waals surface area contributed by atoms with Crippen LogP contribution in [0.5, 0.6) is 0 Å². The van der Waals surface area contributed by atoms with Gasteiger partial charge in [-0.25, -0.2) is 0 Å². The van der Waals surface area contributed by atoms with Crippen molar-refractivity contribution < 1.29 is 14.3 Å². The number of carbonyl (C=O) groups excluding carboxylic acids is 2. The van der Waals surface area contributed by atoms with E-state index >= 15 is 0 Å². The quantitative estimate of drug-likeness (QED) is 0.786. The smallest absolute Gasteiger partial charge is 0.230 e. The van der Waals surface area contributed by atoms with Crippen molar-refractivity contribution in [2.45, 2.75) is 25.8 Å². The number of fused-ring (bicyclic) bond motifs is 2. The highest BCUT2D eigenvalue weighted by atomic mass is 16.5. The molecule has 6 heteroatoms. The standard InChI is InChI=1S/C23H27N3O3/c1-3-21(27)26-14-15-12-20-18(17-5-4-6-19(26)22(15)17)11-16(13-24(20)2)23(28)25-7-9-29-10-8-25/h4-6,11,14,16,20H,3,7-10,12-13H2,1-2H3/t16-,20-/m1/s1. The first-order valence-corrected chi connectivity index (χ1v) is 10.5. The number of nitrogens with zero attached hydrogens (tertiary/aromatic N) is 3. The minimum atomic E-state index is -0.138. The molecule has 1 aromatic carbocycles. The van der Waals surface area contributed by atoms with E-state index < -0.39 is 0 Å². The number of benzene rings is 1. The van der Waals surface area contributed by atoms with Gasteiger partial charge in [-0.1, -0.05) is 25.1 Å². The average molecular weight is 393 g/mol. The number of morpholine rings is 1. The van der Waals surface area contributed by atoms with Crippen molar-refractivity contribution >= 4 is 28.3 Å². The van der Waals surface area contributed by atoms with E-state index in [1.807, 2.05) is 34.7 Å². The third-order valence-electron chi connectivity index (χ3n) is 6.60. The normalized spacial score (nSPS) is 24.3. The van der Waals surface area contributed by atoms with Gasteiger partial charge in [-0.2, -0.15) is 0 Å². The number of hydrogen-bond donors (Lipinski definition) is 0. The molecule has 0 unspecified atom stereocenters. The molecule has 2 aliphatic heterocycles. The summed E-state index contributed by atoms with van der Waals surface area (Å²) >= 11 is 0. The van der Waals surface area contributed by atoms with Crippen molar-refractivity contribution in [1.82, 2.24) is 14.4 Å². The number of likely N-dealkylation sites (N-methyl/N-ethyl adjacent to an activating group) is 1. The summed E-state index contributed by atoms with van der Waals surface area (Å²) in [6.45, 7) is 5.21. The lowest BCUT2D eigenvalue weighted by Crippen LogP contribution is -2.49. The Hall–Kier alpha value is -2.44. The summed E-state index contributed by atoms with van der Waals surface area (Å²) in [5, 5.41) is 1.17. The van der Waals surface area contributed by atoms with Crippen molar-refractivity contribution in [3.05, 3.63) is 41.6 Å². The summed E-state index contributed by atoms with van der Waals surface area (Å²) in [5.74, 6) is 0.175. The third kappa shape index (κ3) is 2.93. The van der Waals surface area contributed by atoms with Crippen LogP contribution in [-0.2, 0) is 16.0 Å². The van der Waals surface area contributed by atoms with E-state index in [1.165, 1.54) is 22.1 Å². The Morgan fingerprint density at radius 3 is 2.76 bits per heavy atom. The number of rotatable bonds is 2. The Morgan fingerprint density at radius 2 is 2.00 bits per heavy atom. The highest BCUT2D eigenvalue weighted by Gasteiger charge is 2.37. The van der Waals surface area contributed by atoms with Gasteiger partial charge >= 0.3 is 0 Å². The maximum absolute atomic E-state index is 13.1. The van der Waals surface area contributed by atoms with Gasteiger partial charge in [0.2, 0.25) is 11.8 Å². The van der Waals surface area contributed by atoms with Crippen LogP contribution in [0.1, 0.15) is 29.3 Å². The van der Waals surface area contributed by atoms with Gasteiger partial charge in [0.1, 0.15) is 0 Å². The predicted octanol–water partition coefficient (Wildman–Crippen LogP) is 2.42. The summed E-state index contributed by atoms with van der Waals surface area (Å²) in [5.41, 5.74) is 4.60. The second-order valence-corrected chi connectivity index (χ2v) is 8.30. The number of aromatic nitrogens is 1. The van der Waals surface area contributed by atoms with Crippen LogP contribution in [0.4, 0.5) is 0 Å². The highest BCUT2D eigenvalue weighted by Crippen LogP contribution is 2.41. The van der Waals surface area contributed by atoms with Crippen molar-refractivity contribution in [2.24, 2.45) is 5.92 Å². The maximum atomic E-state index is 13.1. The third-order valence-corrected chi connectivity index (χ3v) is 6.60. The number of hydrogen-bond acceptors (Lipinski definition) is 4. The lowest BCUT2D eigenvalue weighted by molar-refractivity contribution is -0.138. The first-order chi connectivity index (χ1) is 14.1. The molecule has 2 aromatic rings. The Morgan fingerprint density at radius 1 is 1.21 bits per heavy atom. The molecule has 1 aliphatic carbocycles. The van der Waals surface area contributed by atoms with Gasteiger partial charge in [-0.15, -0.1) is 0 Å². The number of carbonyl (C=O) groups is 2. The average Bonchev–Trinajstić information content (AvgIpc) is 3.14. The molecule has 3 aliphatic rings. The fraction of sp³-hybridized carbons (Fsp3) is 0.478. The first-order valence-electron chi connectivity index (χ1n) is 10.5.